The Bertz CT molecular complexity index is 876. The van der Waals surface area contributed by atoms with Crippen LogP contribution in [0.4, 0.5) is 11.9 Å². The maximum atomic E-state index is 12.3. The number of carbonyl (C=O) groups is 1. The van der Waals surface area contributed by atoms with Crippen molar-refractivity contribution in [2.24, 2.45) is 7.05 Å². The topological polar surface area (TPSA) is 118 Å². The molecule has 11 nitrogen and oxygen atoms in total. The summed E-state index contributed by atoms with van der Waals surface area (Å²) in [4.78, 5) is 40.8. The monoisotopic (exact) mass is 374 g/mol. The molecular formula is C16H22N8O3. The summed E-state index contributed by atoms with van der Waals surface area (Å²) in [6, 6.07) is 2.68. The largest absolute Gasteiger partial charge is 0.378 e. The van der Waals surface area contributed by atoms with E-state index < -0.39 is 5.91 Å². The van der Waals surface area contributed by atoms with E-state index in [2.05, 4.69) is 25.4 Å². The Morgan fingerprint density at radius 1 is 1.22 bits per heavy atom. The van der Waals surface area contributed by atoms with E-state index in [9.17, 15) is 9.59 Å². The lowest BCUT2D eigenvalue weighted by molar-refractivity contribution is 0.0942. The highest BCUT2D eigenvalue weighted by atomic mass is 16.5. The van der Waals surface area contributed by atoms with Gasteiger partial charge in [0.25, 0.3) is 11.5 Å². The zero-order valence-electron chi connectivity index (χ0n) is 15.5. The Balaban J connectivity index is 1.76. The first-order valence-corrected chi connectivity index (χ1v) is 8.51. The number of ether oxygens (including phenoxy) is 1. The fraction of sp³-hybridized carbons (Fsp3) is 0.500. The fourth-order valence-corrected chi connectivity index (χ4v) is 2.45. The smallest absolute Gasteiger partial charge is 0.272 e. The maximum Gasteiger partial charge on any atom is 0.272 e. The first-order valence-electron chi connectivity index (χ1n) is 8.51. The van der Waals surface area contributed by atoms with Crippen LogP contribution in [-0.2, 0) is 18.3 Å². The van der Waals surface area contributed by atoms with E-state index in [0.717, 1.165) is 4.68 Å². The van der Waals surface area contributed by atoms with Crippen molar-refractivity contribution in [1.29, 1.82) is 0 Å². The molecule has 1 aliphatic rings. The molecule has 0 aliphatic carbocycles. The van der Waals surface area contributed by atoms with Crippen LogP contribution < -0.4 is 20.7 Å². The molecule has 0 atom stereocenters. The number of hydrogen-bond donors (Lipinski definition) is 1. The molecule has 1 aliphatic heterocycles. The number of carbonyl (C=O) groups excluding carboxylic acids is 1. The Hall–Kier alpha value is -3.08. The lowest BCUT2D eigenvalue weighted by Crippen LogP contribution is -2.38. The number of anilines is 2. The minimum Gasteiger partial charge on any atom is -0.378 e. The standard InChI is InChI=1S/C16H22N8O3/c1-22(2)15-18-12(19-16(20-15)24-6-8-27-9-7-24)10-17-14(26)11-4-5-13(25)23(3)21-11/h4-5H,6-10H2,1-3H3,(H,17,26). The maximum absolute atomic E-state index is 12.3. The second-order valence-corrected chi connectivity index (χ2v) is 6.21. The zero-order chi connectivity index (χ0) is 19.4. The molecule has 144 valence electrons. The molecule has 1 N–H and O–H groups in total. The first kappa shape index (κ1) is 18.7. The summed E-state index contributed by atoms with van der Waals surface area (Å²) in [5, 5.41) is 6.66. The third-order valence-electron chi connectivity index (χ3n) is 3.95. The third kappa shape index (κ3) is 4.56. The fourth-order valence-electron chi connectivity index (χ4n) is 2.45. The van der Waals surface area contributed by atoms with Crippen molar-refractivity contribution >= 4 is 17.8 Å². The van der Waals surface area contributed by atoms with E-state index >= 15 is 0 Å². The van der Waals surface area contributed by atoms with E-state index in [1.54, 1.807) is 4.90 Å². The van der Waals surface area contributed by atoms with Gasteiger partial charge in [0.05, 0.1) is 19.8 Å². The molecule has 3 heterocycles. The molecule has 0 bridgehead atoms. The number of nitrogens with zero attached hydrogens (tertiary/aromatic N) is 7. The molecule has 11 heteroatoms. The molecule has 2 aromatic heterocycles. The van der Waals surface area contributed by atoms with Crippen molar-refractivity contribution in [3.63, 3.8) is 0 Å². The normalized spacial score (nSPS) is 14.1. The molecule has 0 aromatic carbocycles. The SMILES string of the molecule is CN(C)c1nc(CNC(=O)c2ccc(=O)n(C)n2)nc(N2CCOCC2)n1. The van der Waals surface area contributed by atoms with E-state index in [0.29, 0.717) is 44.0 Å². The van der Waals surface area contributed by atoms with Gasteiger partial charge >= 0.3 is 0 Å². The van der Waals surface area contributed by atoms with Crippen LogP contribution >= 0.6 is 0 Å². The number of morpholine rings is 1. The van der Waals surface area contributed by atoms with Crippen molar-refractivity contribution in [3.05, 3.63) is 34.0 Å². The molecular weight excluding hydrogens is 352 g/mol. The molecule has 3 rings (SSSR count). The van der Waals surface area contributed by atoms with Gasteiger partial charge in [-0.15, -0.1) is 0 Å². The van der Waals surface area contributed by atoms with Gasteiger partial charge in [-0.25, -0.2) is 4.68 Å². The highest BCUT2D eigenvalue weighted by Crippen LogP contribution is 2.14. The minimum absolute atomic E-state index is 0.115. The lowest BCUT2D eigenvalue weighted by atomic mass is 10.3. The molecule has 0 radical (unpaired) electrons. The molecule has 0 unspecified atom stereocenters. The quantitative estimate of drug-likeness (QED) is 0.688. The van der Waals surface area contributed by atoms with Gasteiger partial charge in [0.2, 0.25) is 11.9 Å². The summed E-state index contributed by atoms with van der Waals surface area (Å²) in [5.41, 5.74) is -0.137. The number of rotatable bonds is 5. The van der Waals surface area contributed by atoms with E-state index in [1.165, 1.54) is 19.2 Å². The van der Waals surface area contributed by atoms with Crippen molar-refractivity contribution in [2.75, 3.05) is 50.2 Å². The molecule has 0 spiro atoms. The van der Waals surface area contributed by atoms with Crippen LogP contribution in [0.3, 0.4) is 0 Å². The average Bonchev–Trinajstić information content (AvgIpc) is 2.68. The summed E-state index contributed by atoms with van der Waals surface area (Å²) in [5.74, 6) is 1.09. The van der Waals surface area contributed by atoms with Gasteiger partial charge in [0.1, 0.15) is 5.69 Å². The minimum atomic E-state index is -0.412. The lowest BCUT2D eigenvalue weighted by Gasteiger charge is -2.27. The predicted octanol–water partition coefficient (Wildman–Crippen LogP) is -1.20. The summed E-state index contributed by atoms with van der Waals surface area (Å²) in [6.45, 7) is 2.75. The number of nitrogens with one attached hydrogen (secondary N) is 1. The van der Waals surface area contributed by atoms with Gasteiger partial charge in [-0.3, -0.25) is 9.59 Å². The van der Waals surface area contributed by atoms with Crippen LogP contribution in [-0.4, -0.2) is 71.0 Å². The van der Waals surface area contributed by atoms with E-state index in [4.69, 9.17) is 4.74 Å². The average molecular weight is 374 g/mol. The second-order valence-electron chi connectivity index (χ2n) is 6.21. The van der Waals surface area contributed by atoms with Gasteiger partial charge in [-0.2, -0.15) is 20.1 Å². The zero-order valence-corrected chi connectivity index (χ0v) is 15.5. The summed E-state index contributed by atoms with van der Waals surface area (Å²) < 4.78 is 6.47. The van der Waals surface area contributed by atoms with Crippen molar-refractivity contribution in [2.45, 2.75) is 6.54 Å². The first-order chi connectivity index (χ1) is 12.9. The summed E-state index contributed by atoms with van der Waals surface area (Å²) in [7, 11) is 5.17. The molecule has 27 heavy (non-hydrogen) atoms. The Morgan fingerprint density at radius 2 is 1.96 bits per heavy atom. The van der Waals surface area contributed by atoms with Gasteiger partial charge in [0.15, 0.2) is 5.82 Å². The number of aryl methyl sites for hydroxylation is 1. The van der Waals surface area contributed by atoms with Crippen molar-refractivity contribution in [3.8, 4) is 0 Å². The van der Waals surface area contributed by atoms with Crippen molar-refractivity contribution in [1.82, 2.24) is 30.0 Å². The van der Waals surface area contributed by atoms with E-state index in [1.807, 2.05) is 19.0 Å². The predicted molar refractivity (Wildman–Crippen MR) is 97.8 cm³/mol. The summed E-state index contributed by atoms with van der Waals surface area (Å²) in [6.07, 6.45) is 0. The Kier molecular flexibility index (Phi) is 5.60. The number of amides is 1. The number of aromatic nitrogens is 5. The Labute approximate surface area is 156 Å². The molecule has 1 amide bonds. The van der Waals surface area contributed by atoms with Crippen LogP contribution in [0.1, 0.15) is 16.3 Å². The van der Waals surface area contributed by atoms with Gasteiger partial charge in [-0.1, -0.05) is 0 Å². The van der Waals surface area contributed by atoms with Crippen molar-refractivity contribution < 1.29 is 9.53 Å². The molecule has 0 saturated carbocycles. The van der Waals surface area contributed by atoms with Crippen LogP contribution in [0.5, 0.6) is 0 Å². The van der Waals surface area contributed by atoms with Crippen LogP contribution in [0.2, 0.25) is 0 Å². The molecule has 2 aromatic rings. The van der Waals surface area contributed by atoms with E-state index in [-0.39, 0.29) is 17.8 Å². The highest BCUT2D eigenvalue weighted by Gasteiger charge is 2.18. The summed E-state index contributed by atoms with van der Waals surface area (Å²) >= 11 is 0. The Morgan fingerprint density at radius 3 is 2.63 bits per heavy atom. The van der Waals surface area contributed by atoms with Gasteiger partial charge in [0, 0.05) is 40.3 Å². The van der Waals surface area contributed by atoms with Gasteiger partial charge < -0.3 is 19.9 Å². The third-order valence-corrected chi connectivity index (χ3v) is 3.95. The van der Waals surface area contributed by atoms with Crippen LogP contribution in [0, 0.1) is 0 Å². The molecule has 1 saturated heterocycles. The molecule has 1 fully saturated rings. The van der Waals surface area contributed by atoms with Gasteiger partial charge in [-0.05, 0) is 6.07 Å². The highest BCUT2D eigenvalue weighted by molar-refractivity contribution is 5.91. The van der Waals surface area contributed by atoms with Crippen LogP contribution in [0.15, 0.2) is 16.9 Å². The van der Waals surface area contributed by atoms with Crippen LogP contribution in [0.25, 0.3) is 0 Å². The second kappa shape index (κ2) is 8.08. The number of hydrogen-bond acceptors (Lipinski definition) is 9.